The maximum absolute atomic E-state index is 6.12. The van der Waals surface area contributed by atoms with Crippen molar-refractivity contribution < 1.29 is 9.47 Å². The Bertz CT molecular complexity index is 697. The first kappa shape index (κ1) is 14.6. The highest BCUT2D eigenvalue weighted by Gasteiger charge is 2.24. The highest BCUT2D eigenvalue weighted by Crippen LogP contribution is 2.28. The minimum Gasteiger partial charge on any atom is -0.382 e. The minimum absolute atomic E-state index is 0.0143. The largest absolute Gasteiger partial charge is 0.382 e. The lowest BCUT2D eigenvalue weighted by Gasteiger charge is -2.31. The number of hydrogen-bond acceptors (Lipinski definition) is 7. The molecule has 2 unspecified atom stereocenters. The summed E-state index contributed by atoms with van der Waals surface area (Å²) in [5.74, 6) is 1.06. The molecule has 8 heteroatoms. The van der Waals surface area contributed by atoms with Crippen molar-refractivity contribution in [1.82, 2.24) is 19.5 Å². The Morgan fingerprint density at radius 2 is 2.13 bits per heavy atom. The summed E-state index contributed by atoms with van der Waals surface area (Å²) in [7, 11) is 0. The van der Waals surface area contributed by atoms with Gasteiger partial charge in [-0.05, 0) is 26.2 Å². The summed E-state index contributed by atoms with van der Waals surface area (Å²) in [6.45, 7) is 5.03. The molecule has 2 aliphatic heterocycles. The summed E-state index contributed by atoms with van der Waals surface area (Å²) in [5, 5.41) is 0. The van der Waals surface area contributed by atoms with Crippen LogP contribution in [0.5, 0.6) is 0 Å². The summed E-state index contributed by atoms with van der Waals surface area (Å²) in [6, 6.07) is 0. The molecule has 124 valence electrons. The van der Waals surface area contributed by atoms with E-state index in [-0.39, 0.29) is 12.3 Å². The number of anilines is 2. The molecule has 23 heavy (non-hydrogen) atoms. The third-order valence-electron chi connectivity index (χ3n) is 4.43. The molecule has 8 nitrogen and oxygen atoms in total. The molecule has 2 aromatic heterocycles. The van der Waals surface area contributed by atoms with Gasteiger partial charge in [0, 0.05) is 19.7 Å². The van der Waals surface area contributed by atoms with Crippen LogP contribution in [-0.4, -0.2) is 51.9 Å². The molecule has 4 rings (SSSR count). The molecule has 2 aliphatic rings. The second kappa shape index (κ2) is 5.93. The van der Waals surface area contributed by atoms with Gasteiger partial charge in [-0.3, -0.25) is 4.57 Å². The van der Waals surface area contributed by atoms with Crippen molar-refractivity contribution in [2.75, 3.05) is 36.9 Å². The number of nitrogens with two attached hydrogens (primary N) is 1. The van der Waals surface area contributed by atoms with Gasteiger partial charge in [-0.2, -0.15) is 9.97 Å². The van der Waals surface area contributed by atoms with E-state index in [0.717, 1.165) is 44.6 Å². The summed E-state index contributed by atoms with van der Waals surface area (Å²) in [5.41, 5.74) is 7.51. The molecule has 0 aromatic carbocycles. The molecule has 2 fully saturated rings. The van der Waals surface area contributed by atoms with E-state index in [1.54, 1.807) is 6.33 Å². The van der Waals surface area contributed by atoms with Crippen LogP contribution in [-0.2, 0) is 9.47 Å². The molecular weight excluding hydrogens is 296 g/mol. The predicted molar refractivity (Wildman–Crippen MR) is 86.2 cm³/mol. The zero-order valence-electron chi connectivity index (χ0n) is 13.3. The number of imidazole rings is 1. The fourth-order valence-electron chi connectivity index (χ4n) is 3.22. The van der Waals surface area contributed by atoms with E-state index in [1.807, 2.05) is 11.5 Å². The molecule has 2 saturated heterocycles. The van der Waals surface area contributed by atoms with E-state index >= 15 is 0 Å². The van der Waals surface area contributed by atoms with Gasteiger partial charge in [0.2, 0.25) is 5.95 Å². The maximum atomic E-state index is 6.12. The van der Waals surface area contributed by atoms with Gasteiger partial charge in [0.25, 0.3) is 0 Å². The fraction of sp³-hybridized carbons (Fsp3) is 0.667. The lowest BCUT2D eigenvalue weighted by Crippen LogP contribution is -2.42. The van der Waals surface area contributed by atoms with E-state index in [9.17, 15) is 0 Å². The molecule has 2 N–H and O–H groups in total. The van der Waals surface area contributed by atoms with Crippen LogP contribution >= 0.6 is 0 Å². The third-order valence-corrected chi connectivity index (χ3v) is 4.43. The van der Waals surface area contributed by atoms with Crippen molar-refractivity contribution in [2.45, 2.75) is 38.5 Å². The molecule has 0 radical (unpaired) electrons. The first-order valence-corrected chi connectivity index (χ1v) is 8.20. The summed E-state index contributed by atoms with van der Waals surface area (Å²) in [6.07, 6.45) is 5.14. The zero-order valence-corrected chi connectivity index (χ0v) is 13.3. The van der Waals surface area contributed by atoms with Crippen LogP contribution in [0.15, 0.2) is 6.33 Å². The Kier molecular flexibility index (Phi) is 3.78. The van der Waals surface area contributed by atoms with Gasteiger partial charge in [-0.15, -0.1) is 0 Å². The van der Waals surface area contributed by atoms with E-state index in [0.29, 0.717) is 23.9 Å². The molecule has 0 aliphatic carbocycles. The normalized spacial score (nSPS) is 25.9. The van der Waals surface area contributed by atoms with Crippen LogP contribution in [0.25, 0.3) is 11.2 Å². The van der Waals surface area contributed by atoms with E-state index in [4.69, 9.17) is 20.2 Å². The lowest BCUT2D eigenvalue weighted by molar-refractivity contribution is -0.0298. The number of morpholine rings is 1. The third kappa shape index (κ3) is 2.72. The monoisotopic (exact) mass is 318 g/mol. The number of nitrogens with zero attached hydrogens (tertiary/aromatic N) is 5. The van der Waals surface area contributed by atoms with Gasteiger partial charge < -0.3 is 20.1 Å². The van der Waals surface area contributed by atoms with Gasteiger partial charge in [0.15, 0.2) is 11.5 Å². The van der Waals surface area contributed by atoms with E-state index in [1.165, 1.54) is 0 Å². The minimum atomic E-state index is -0.0143. The first-order chi connectivity index (χ1) is 11.2. The van der Waals surface area contributed by atoms with Gasteiger partial charge in [-0.1, -0.05) is 0 Å². The van der Waals surface area contributed by atoms with Crippen LogP contribution in [0.1, 0.15) is 32.4 Å². The zero-order chi connectivity index (χ0) is 15.8. The van der Waals surface area contributed by atoms with Crippen LogP contribution in [0.2, 0.25) is 0 Å². The number of ether oxygens (including phenoxy) is 2. The molecule has 0 bridgehead atoms. The Balaban J connectivity index is 1.72. The van der Waals surface area contributed by atoms with Crippen molar-refractivity contribution in [3.63, 3.8) is 0 Å². The number of hydrogen-bond donors (Lipinski definition) is 1. The fourth-order valence-corrected chi connectivity index (χ4v) is 3.22. The van der Waals surface area contributed by atoms with Crippen molar-refractivity contribution >= 4 is 22.9 Å². The van der Waals surface area contributed by atoms with Gasteiger partial charge >= 0.3 is 0 Å². The number of fused-ring (bicyclic) bond motifs is 1. The average molecular weight is 318 g/mol. The predicted octanol–water partition coefficient (Wildman–Crippen LogP) is 1.33. The first-order valence-electron chi connectivity index (χ1n) is 8.20. The molecule has 4 heterocycles. The number of rotatable bonds is 2. The van der Waals surface area contributed by atoms with Gasteiger partial charge in [0.05, 0.1) is 19.0 Å². The molecular formula is C15H22N6O2. The van der Waals surface area contributed by atoms with Crippen molar-refractivity contribution in [3.05, 3.63) is 6.33 Å². The SMILES string of the molecule is CC1CN(c2nc(N)c3ncn(C4CCCCO4)c3n2)CCO1. The van der Waals surface area contributed by atoms with E-state index in [2.05, 4.69) is 14.9 Å². The van der Waals surface area contributed by atoms with Crippen LogP contribution in [0.3, 0.4) is 0 Å². The Morgan fingerprint density at radius 1 is 1.22 bits per heavy atom. The second-order valence-electron chi connectivity index (χ2n) is 6.18. The van der Waals surface area contributed by atoms with Crippen LogP contribution in [0.4, 0.5) is 11.8 Å². The highest BCUT2D eigenvalue weighted by atomic mass is 16.5. The van der Waals surface area contributed by atoms with E-state index < -0.39 is 0 Å². The topological polar surface area (TPSA) is 91.3 Å². The second-order valence-corrected chi connectivity index (χ2v) is 6.18. The number of nitrogen functional groups attached to an aromatic ring is 1. The van der Waals surface area contributed by atoms with Crippen LogP contribution < -0.4 is 10.6 Å². The van der Waals surface area contributed by atoms with Crippen molar-refractivity contribution in [2.24, 2.45) is 0 Å². The van der Waals surface area contributed by atoms with Gasteiger partial charge in [-0.25, -0.2) is 4.98 Å². The average Bonchev–Trinajstić information content (AvgIpc) is 3.00. The quantitative estimate of drug-likeness (QED) is 0.893. The van der Waals surface area contributed by atoms with Gasteiger partial charge in [0.1, 0.15) is 11.7 Å². The van der Waals surface area contributed by atoms with Crippen LogP contribution in [0, 0.1) is 0 Å². The Labute approximate surface area is 134 Å². The number of aromatic nitrogens is 4. The van der Waals surface area contributed by atoms with Crippen molar-refractivity contribution in [1.29, 1.82) is 0 Å². The summed E-state index contributed by atoms with van der Waals surface area (Å²) < 4.78 is 13.4. The lowest BCUT2D eigenvalue weighted by atomic mass is 10.2. The molecule has 2 aromatic rings. The Morgan fingerprint density at radius 3 is 2.91 bits per heavy atom. The van der Waals surface area contributed by atoms with Crippen molar-refractivity contribution in [3.8, 4) is 0 Å². The molecule has 0 saturated carbocycles. The molecule has 0 amide bonds. The smallest absolute Gasteiger partial charge is 0.229 e. The summed E-state index contributed by atoms with van der Waals surface area (Å²) >= 11 is 0. The molecule has 2 atom stereocenters. The standard InChI is InChI=1S/C15H22N6O2/c1-10-8-20(5-7-22-10)15-18-13(16)12-14(19-15)21(9-17-12)11-4-2-3-6-23-11/h9-11H,2-8H2,1H3,(H2,16,18,19). The summed E-state index contributed by atoms with van der Waals surface area (Å²) in [4.78, 5) is 15.7. The Hall–Kier alpha value is -1.93. The maximum Gasteiger partial charge on any atom is 0.229 e. The molecule has 0 spiro atoms. The highest BCUT2D eigenvalue weighted by molar-refractivity contribution is 5.83.